The van der Waals surface area contributed by atoms with Crippen LogP contribution in [-0.4, -0.2) is 23.4 Å². The Bertz CT molecular complexity index is 89.1. The third kappa shape index (κ3) is 1.95. The van der Waals surface area contributed by atoms with Crippen LogP contribution in [0.5, 0.6) is 0 Å². The van der Waals surface area contributed by atoms with Crippen molar-refractivity contribution in [3.63, 3.8) is 0 Å². The quantitative estimate of drug-likeness (QED) is 0.528. The maximum absolute atomic E-state index is 9.02. The molecule has 1 aliphatic rings. The van der Waals surface area contributed by atoms with E-state index in [9.17, 15) is 0 Å². The summed E-state index contributed by atoms with van der Waals surface area (Å²) in [6.07, 6.45) is 1.62. The third-order valence-corrected chi connectivity index (χ3v) is 1.75. The fraction of sp³-hybridized carbons (Fsp3) is 1.00. The van der Waals surface area contributed by atoms with Crippen molar-refractivity contribution in [3.05, 3.63) is 0 Å². The SMILES string of the molecule is CC1(C)CC[C@H](O)CO1. The van der Waals surface area contributed by atoms with Gasteiger partial charge >= 0.3 is 0 Å². The lowest BCUT2D eigenvalue weighted by molar-refractivity contribution is -0.103. The number of ether oxygens (including phenoxy) is 1. The first kappa shape index (κ1) is 7.03. The van der Waals surface area contributed by atoms with Gasteiger partial charge in [-0.15, -0.1) is 0 Å². The first-order chi connectivity index (χ1) is 4.10. The molecule has 1 atom stereocenters. The Kier molecular flexibility index (Phi) is 1.78. The largest absolute Gasteiger partial charge is 0.391 e. The summed E-state index contributed by atoms with van der Waals surface area (Å²) in [5.74, 6) is 0. The van der Waals surface area contributed by atoms with Crippen molar-refractivity contribution in [2.75, 3.05) is 6.61 Å². The van der Waals surface area contributed by atoms with Gasteiger partial charge in [0.2, 0.25) is 0 Å². The minimum absolute atomic E-state index is 0.000764. The van der Waals surface area contributed by atoms with E-state index in [-0.39, 0.29) is 11.7 Å². The van der Waals surface area contributed by atoms with Crippen LogP contribution in [0.25, 0.3) is 0 Å². The van der Waals surface area contributed by atoms with E-state index in [1.165, 1.54) is 0 Å². The fourth-order valence-corrected chi connectivity index (χ4v) is 0.992. The lowest BCUT2D eigenvalue weighted by atomic mass is 9.97. The van der Waals surface area contributed by atoms with Crippen molar-refractivity contribution >= 4 is 0 Å². The van der Waals surface area contributed by atoms with Crippen molar-refractivity contribution in [1.29, 1.82) is 0 Å². The van der Waals surface area contributed by atoms with Gasteiger partial charge in [-0.05, 0) is 26.7 Å². The maximum atomic E-state index is 9.02. The molecule has 0 saturated carbocycles. The Labute approximate surface area is 55.8 Å². The molecule has 0 bridgehead atoms. The highest BCUT2D eigenvalue weighted by Gasteiger charge is 2.25. The predicted octanol–water partition coefficient (Wildman–Crippen LogP) is 0.936. The second-order valence-corrected chi connectivity index (χ2v) is 3.26. The summed E-state index contributed by atoms with van der Waals surface area (Å²) in [6.45, 7) is 4.62. The smallest absolute Gasteiger partial charge is 0.0775 e. The van der Waals surface area contributed by atoms with Crippen LogP contribution >= 0.6 is 0 Å². The van der Waals surface area contributed by atoms with Crippen molar-refractivity contribution < 1.29 is 9.84 Å². The molecule has 0 aromatic heterocycles. The molecule has 1 fully saturated rings. The van der Waals surface area contributed by atoms with Crippen LogP contribution in [0.1, 0.15) is 26.7 Å². The number of rotatable bonds is 0. The van der Waals surface area contributed by atoms with E-state index in [0.29, 0.717) is 6.61 Å². The van der Waals surface area contributed by atoms with Gasteiger partial charge in [-0.25, -0.2) is 0 Å². The normalized spacial score (nSPS) is 34.3. The first-order valence-electron chi connectivity index (χ1n) is 3.42. The molecule has 0 spiro atoms. The summed E-state index contributed by atoms with van der Waals surface area (Å²) in [4.78, 5) is 0. The first-order valence-corrected chi connectivity index (χ1v) is 3.42. The molecule has 2 nitrogen and oxygen atoms in total. The fourth-order valence-electron chi connectivity index (χ4n) is 0.992. The van der Waals surface area contributed by atoms with Gasteiger partial charge in [-0.3, -0.25) is 0 Å². The molecule has 2 heteroatoms. The van der Waals surface area contributed by atoms with Gasteiger partial charge in [-0.2, -0.15) is 0 Å². The van der Waals surface area contributed by atoms with E-state index in [4.69, 9.17) is 9.84 Å². The average Bonchev–Trinajstić information content (AvgIpc) is 1.78. The monoisotopic (exact) mass is 130 g/mol. The highest BCUT2D eigenvalue weighted by molar-refractivity contribution is 4.76. The van der Waals surface area contributed by atoms with Gasteiger partial charge in [0.1, 0.15) is 0 Å². The molecule has 54 valence electrons. The molecule has 0 amide bonds. The van der Waals surface area contributed by atoms with Crippen molar-refractivity contribution in [1.82, 2.24) is 0 Å². The molecule has 0 unspecified atom stereocenters. The molecule has 1 rings (SSSR count). The number of hydrogen-bond donors (Lipinski definition) is 1. The Morgan fingerprint density at radius 2 is 2.22 bits per heavy atom. The molecule has 9 heavy (non-hydrogen) atoms. The zero-order chi connectivity index (χ0) is 6.91. The van der Waals surface area contributed by atoms with Gasteiger partial charge < -0.3 is 9.84 Å². The molecule has 1 N–H and O–H groups in total. The number of aliphatic hydroxyl groups is 1. The molecule has 0 aliphatic carbocycles. The average molecular weight is 130 g/mol. The highest BCUT2D eigenvalue weighted by atomic mass is 16.5. The molecule has 1 saturated heterocycles. The standard InChI is InChI=1S/C7H14O2/c1-7(2)4-3-6(8)5-9-7/h6,8H,3-5H2,1-2H3/t6-/m0/s1. The van der Waals surface area contributed by atoms with Gasteiger partial charge in [0.05, 0.1) is 18.3 Å². The van der Waals surface area contributed by atoms with E-state index in [1.54, 1.807) is 0 Å². The van der Waals surface area contributed by atoms with E-state index < -0.39 is 0 Å². The van der Waals surface area contributed by atoms with Gasteiger partial charge in [0.15, 0.2) is 0 Å². The molecular formula is C7H14O2. The van der Waals surface area contributed by atoms with Gasteiger partial charge in [0, 0.05) is 0 Å². The summed E-state index contributed by atoms with van der Waals surface area (Å²) in [6, 6.07) is 0. The van der Waals surface area contributed by atoms with E-state index in [0.717, 1.165) is 12.8 Å². The van der Waals surface area contributed by atoms with Crippen molar-refractivity contribution in [2.24, 2.45) is 0 Å². The predicted molar refractivity (Wildman–Crippen MR) is 35.3 cm³/mol. The Balaban J connectivity index is 2.35. The van der Waals surface area contributed by atoms with Crippen LogP contribution in [0.4, 0.5) is 0 Å². The van der Waals surface area contributed by atoms with Gasteiger partial charge in [0.25, 0.3) is 0 Å². The van der Waals surface area contributed by atoms with E-state index in [1.807, 2.05) is 0 Å². The lowest BCUT2D eigenvalue weighted by Gasteiger charge is -2.32. The summed E-state index contributed by atoms with van der Waals surface area (Å²) in [5, 5.41) is 9.02. The Morgan fingerprint density at radius 3 is 2.56 bits per heavy atom. The molecular weight excluding hydrogens is 116 g/mol. The van der Waals surface area contributed by atoms with Crippen molar-refractivity contribution in [2.45, 2.75) is 38.4 Å². The third-order valence-electron chi connectivity index (χ3n) is 1.75. The zero-order valence-electron chi connectivity index (χ0n) is 6.05. The lowest BCUT2D eigenvalue weighted by Crippen LogP contribution is -2.35. The van der Waals surface area contributed by atoms with E-state index in [2.05, 4.69) is 13.8 Å². The maximum Gasteiger partial charge on any atom is 0.0775 e. The number of aliphatic hydroxyl groups excluding tert-OH is 1. The second-order valence-electron chi connectivity index (χ2n) is 3.26. The van der Waals surface area contributed by atoms with Crippen LogP contribution in [0, 0.1) is 0 Å². The summed E-state index contributed by atoms with van der Waals surface area (Å²) >= 11 is 0. The zero-order valence-corrected chi connectivity index (χ0v) is 6.05. The molecule has 0 aromatic rings. The summed E-state index contributed by atoms with van der Waals surface area (Å²) < 4.78 is 5.33. The topological polar surface area (TPSA) is 29.5 Å². The Morgan fingerprint density at radius 1 is 1.56 bits per heavy atom. The van der Waals surface area contributed by atoms with Crippen LogP contribution in [0.15, 0.2) is 0 Å². The molecule has 0 aromatic carbocycles. The van der Waals surface area contributed by atoms with Gasteiger partial charge in [-0.1, -0.05) is 0 Å². The minimum atomic E-state index is -0.224. The molecule has 0 radical (unpaired) electrons. The summed E-state index contributed by atoms with van der Waals surface area (Å²) in [5.41, 5.74) is -0.000764. The minimum Gasteiger partial charge on any atom is -0.391 e. The summed E-state index contributed by atoms with van der Waals surface area (Å²) in [7, 11) is 0. The number of hydrogen-bond acceptors (Lipinski definition) is 2. The molecule has 1 heterocycles. The van der Waals surface area contributed by atoms with Crippen LogP contribution in [0.2, 0.25) is 0 Å². The van der Waals surface area contributed by atoms with Crippen LogP contribution < -0.4 is 0 Å². The van der Waals surface area contributed by atoms with Crippen molar-refractivity contribution in [3.8, 4) is 0 Å². The van der Waals surface area contributed by atoms with E-state index >= 15 is 0 Å². The van der Waals surface area contributed by atoms with Crippen LogP contribution in [0.3, 0.4) is 0 Å². The highest BCUT2D eigenvalue weighted by Crippen LogP contribution is 2.23. The Hall–Kier alpha value is -0.0800. The molecule has 1 aliphatic heterocycles. The second kappa shape index (κ2) is 2.27. The van der Waals surface area contributed by atoms with Crippen LogP contribution in [-0.2, 0) is 4.74 Å².